The maximum atomic E-state index is 14.5. The number of ether oxygens (including phenoxy) is 1. The molecule has 1 unspecified atom stereocenters. The number of rotatable bonds is 14. The second kappa shape index (κ2) is 15.6. The second-order valence-electron chi connectivity index (χ2n) is 10.5. The molecule has 4 aromatic rings. The zero-order valence-electron chi connectivity index (χ0n) is 25.6. The molecule has 0 bridgehead atoms. The number of carbonyl (C=O) groups excluding carboxylic acids is 2. The van der Waals surface area contributed by atoms with Crippen molar-refractivity contribution in [1.29, 1.82) is 0 Å². The monoisotopic (exact) mass is 647 g/mol. The number of hydrogen-bond donors (Lipinski definition) is 1. The largest absolute Gasteiger partial charge is 0.492 e. The van der Waals surface area contributed by atoms with Crippen molar-refractivity contribution < 1.29 is 22.7 Å². The number of carbonyl (C=O) groups is 2. The third kappa shape index (κ3) is 8.65. The fourth-order valence-corrected chi connectivity index (χ4v) is 6.59. The van der Waals surface area contributed by atoms with Crippen molar-refractivity contribution in [2.75, 3.05) is 24.0 Å². The van der Waals surface area contributed by atoms with Crippen molar-refractivity contribution in [3.05, 3.63) is 125 Å². The lowest BCUT2D eigenvalue weighted by molar-refractivity contribution is -0.140. The molecule has 10 heteroatoms. The van der Waals surface area contributed by atoms with Gasteiger partial charge < -0.3 is 15.0 Å². The van der Waals surface area contributed by atoms with Crippen molar-refractivity contribution >= 4 is 39.1 Å². The van der Waals surface area contributed by atoms with Crippen LogP contribution in [0.5, 0.6) is 5.75 Å². The number of benzene rings is 4. The summed E-state index contributed by atoms with van der Waals surface area (Å²) in [6.07, 6.45) is 0.240. The average molecular weight is 648 g/mol. The topological polar surface area (TPSA) is 96.0 Å². The molecule has 0 fully saturated rings. The highest BCUT2D eigenvalue weighted by molar-refractivity contribution is 7.92. The molecule has 0 aliphatic carbocycles. The number of hydrogen-bond acceptors (Lipinski definition) is 5. The van der Waals surface area contributed by atoms with Crippen molar-refractivity contribution in [3.8, 4) is 5.75 Å². The Hall–Kier alpha value is -4.34. The first-order valence-electron chi connectivity index (χ1n) is 14.8. The van der Waals surface area contributed by atoms with E-state index in [1.807, 2.05) is 68.4 Å². The van der Waals surface area contributed by atoms with Gasteiger partial charge in [0.15, 0.2) is 0 Å². The molecular weight excluding hydrogens is 610 g/mol. The lowest BCUT2D eigenvalue weighted by atomic mass is 10.0. The molecule has 8 nitrogen and oxygen atoms in total. The minimum Gasteiger partial charge on any atom is -0.492 e. The van der Waals surface area contributed by atoms with E-state index in [0.29, 0.717) is 17.3 Å². The second-order valence-corrected chi connectivity index (χ2v) is 12.8. The third-order valence-electron chi connectivity index (χ3n) is 7.17. The first kappa shape index (κ1) is 33.6. The van der Waals surface area contributed by atoms with Crippen molar-refractivity contribution in [3.63, 3.8) is 0 Å². The van der Waals surface area contributed by atoms with Gasteiger partial charge in [0.25, 0.3) is 10.0 Å². The zero-order valence-corrected chi connectivity index (χ0v) is 27.2. The highest BCUT2D eigenvalue weighted by Crippen LogP contribution is 2.33. The molecule has 236 valence electrons. The number of sulfonamides is 1. The number of anilines is 1. The highest BCUT2D eigenvalue weighted by Gasteiger charge is 2.35. The van der Waals surface area contributed by atoms with E-state index in [9.17, 15) is 18.0 Å². The van der Waals surface area contributed by atoms with Crippen LogP contribution >= 0.6 is 11.6 Å². The molecule has 0 radical (unpaired) electrons. The van der Waals surface area contributed by atoms with Crippen molar-refractivity contribution in [2.24, 2.45) is 0 Å². The van der Waals surface area contributed by atoms with Gasteiger partial charge in [0, 0.05) is 24.5 Å². The molecule has 45 heavy (non-hydrogen) atoms. The minimum absolute atomic E-state index is 0.0409. The van der Waals surface area contributed by atoms with E-state index in [-0.39, 0.29) is 36.1 Å². The van der Waals surface area contributed by atoms with Gasteiger partial charge in [-0.3, -0.25) is 13.9 Å². The molecule has 1 N–H and O–H groups in total. The van der Waals surface area contributed by atoms with E-state index in [1.165, 1.54) is 29.2 Å². The van der Waals surface area contributed by atoms with Gasteiger partial charge in [0.05, 0.1) is 17.2 Å². The number of aryl methyl sites for hydroxylation is 1. The van der Waals surface area contributed by atoms with E-state index in [1.54, 1.807) is 31.2 Å². The van der Waals surface area contributed by atoms with Crippen LogP contribution in [0.15, 0.2) is 108 Å². The van der Waals surface area contributed by atoms with Gasteiger partial charge in [-0.25, -0.2) is 8.42 Å². The van der Waals surface area contributed by atoms with Crippen LogP contribution in [-0.2, 0) is 32.6 Å². The molecule has 4 rings (SSSR count). The van der Waals surface area contributed by atoms with Gasteiger partial charge in [-0.1, -0.05) is 83.9 Å². The summed E-state index contributed by atoms with van der Waals surface area (Å²) in [5.74, 6) is -0.572. The summed E-state index contributed by atoms with van der Waals surface area (Å²) in [4.78, 5) is 29.6. The van der Waals surface area contributed by atoms with Gasteiger partial charge in [0.1, 0.15) is 18.3 Å². The Kier molecular flexibility index (Phi) is 11.6. The van der Waals surface area contributed by atoms with Gasteiger partial charge in [0.2, 0.25) is 11.8 Å². The zero-order chi connectivity index (χ0) is 32.4. The summed E-state index contributed by atoms with van der Waals surface area (Å²) in [7, 11) is -4.29. The first-order valence-corrected chi connectivity index (χ1v) is 16.6. The fraction of sp³-hybridized carbons (Fsp3) is 0.257. The maximum absolute atomic E-state index is 14.5. The Labute approximate surface area is 270 Å². The summed E-state index contributed by atoms with van der Waals surface area (Å²) in [5.41, 5.74) is 2.88. The Bertz CT molecular complexity index is 1700. The lowest BCUT2D eigenvalue weighted by Crippen LogP contribution is -2.53. The Morgan fingerprint density at radius 3 is 2.20 bits per heavy atom. The normalized spacial score (nSPS) is 11.8. The summed E-state index contributed by atoms with van der Waals surface area (Å²) in [6.45, 7) is 5.74. The molecule has 0 saturated carbocycles. The van der Waals surface area contributed by atoms with Crippen LogP contribution in [0.3, 0.4) is 0 Å². The molecule has 2 amide bonds. The van der Waals surface area contributed by atoms with E-state index in [2.05, 4.69) is 5.32 Å². The van der Waals surface area contributed by atoms with Gasteiger partial charge in [-0.05, 0) is 68.3 Å². The number of nitrogens with zero attached hydrogens (tertiary/aromatic N) is 2. The quantitative estimate of drug-likeness (QED) is 0.181. The predicted molar refractivity (Wildman–Crippen MR) is 178 cm³/mol. The molecule has 4 aromatic carbocycles. The molecule has 0 aliphatic heterocycles. The number of para-hydroxylation sites is 2. The number of halogens is 1. The lowest BCUT2D eigenvalue weighted by Gasteiger charge is -2.34. The molecule has 0 spiro atoms. The summed E-state index contributed by atoms with van der Waals surface area (Å²) in [6, 6.07) is 28.6. The standard InChI is InChI=1S/C35H38ClN3O5S/c1-4-37-35(41)32(23-27-13-7-6-8-14-27)38(24-28-15-11-12-26(3)22-28)34(40)25-39(31-16-9-10-17-33(31)44-5-2)45(42,43)30-20-18-29(36)19-21-30/h6-22,32H,4-5,23-25H2,1-3H3,(H,37,41). The van der Waals surface area contributed by atoms with Crippen LogP contribution in [-0.4, -0.2) is 50.9 Å². The van der Waals surface area contributed by atoms with E-state index < -0.39 is 28.5 Å². The minimum atomic E-state index is -4.29. The summed E-state index contributed by atoms with van der Waals surface area (Å²) in [5, 5.41) is 3.25. The smallest absolute Gasteiger partial charge is 0.264 e. The van der Waals surface area contributed by atoms with E-state index >= 15 is 0 Å². The molecule has 0 heterocycles. The fourth-order valence-electron chi connectivity index (χ4n) is 5.04. The van der Waals surface area contributed by atoms with Crippen molar-refractivity contribution in [2.45, 2.75) is 44.7 Å². The molecular formula is C35H38ClN3O5S. The van der Waals surface area contributed by atoms with E-state index in [0.717, 1.165) is 21.0 Å². The molecule has 0 aromatic heterocycles. The Morgan fingerprint density at radius 2 is 1.53 bits per heavy atom. The summed E-state index contributed by atoms with van der Waals surface area (Å²) >= 11 is 6.07. The SMILES string of the molecule is CCNC(=O)C(Cc1ccccc1)N(Cc1cccc(C)c1)C(=O)CN(c1ccccc1OCC)S(=O)(=O)c1ccc(Cl)cc1. The Morgan fingerprint density at radius 1 is 0.867 bits per heavy atom. The number of nitrogens with one attached hydrogen (secondary N) is 1. The summed E-state index contributed by atoms with van der Waals surface area (Å²) < 4.78 is 35.3. The average Bonchev–Trinajstić information content (AvgIpc) is 3.03. The molecule has 1 atom stereocenters. The highest BCUT2D eigenvalue weighted by atomic mass is 35.5. The van der Waals surface area contributed by atoms with Crippen LogP contribution in [0.2, 0.25) is 5.02 Å². The van der Waals surface area contributed by atoms with E-state index in [4.69, 9.17) is 16.3 Å². The predicted octanol–water partition coefficient (Wildman–Crippen LogP) is 6.02. The van der Waals surface area contributed by atoms with Gasteiger partial charge in [-0.2, -0.15) is 0 Å². The first-order chi connectivity index (χ1) is 21.6. The third-order valence-corrected chi connectivity index (χ3v) is 9.20. The van der Waals surface area contributed by atoms with Crippen LogP contribution in [0.1, 0.15) is 30.5 Å². The molecule has 0 saturated heterocycles. The maximum Gasteiger partial charge on any atom is 0.264 e. The van der Waals surface area contributed by atoms with Gasteiger partial charge >= 0.3 is 0 Å². The van der Waals surface area contributed by atoms with Crippen LogP contribution in [0.4, 0.5) is 5.69 Å². The number of amides is 2. The van der Waals surface area contributed by atoms with Crippen molar-refractivity contribution in [1.82, 2.24) is 10.2 Å². The Balaban J connectivity index is 1.83. The van der Waals surface area contributed by atoms with Crippen LogP contribution < -0.4 is 14.4 Å². The van der Waals surface area contributed by atoms with Crippen LogP contribution in [0.25, 0.3) is 0 Å². The van der Waals surface area contributed by atoms with Crippen LogP contribution in [0, 0.1) is 6.92 Å². The number of likely N-dealkylation sites (N-methyl/N-ethyl adjacent to an activating group) is 1. The van der Waals surface area contributed by atoms with Gasteiger partial charge in [-0.15, -0.1) is 0 Å². The molecule has 0 aliphatic rings.